The predicted molar refractivity (Wildman–Crippen MR) is 194 cm³/mol. The van der Waals surface area contributed by atoms with Crippen LogP contribution in [-0.2, 0) is 28.5 Å². The Morgan fingerprint density at radius 2 is 1.56 bits per heavy atom. The lowest BCUT2D eigenvalue weighted by Crippen LogP contribution is -2.68. The summed E-state index contributed by atoms with van der Waals surface area (Å²) in [5, 5.41) is 85.3. The van der Waals surface area contributed by atoms with Gasteiger partial charge in [-0.05, 0) is 97.2 Å². The first kappa shape index (κ1) is 41.6. The van der Waals surface area contributed by atoms with E-state index in [-0.39, 0.29) is 40.6 Å². The second kappa shape index (κ2) is 14.0. The van der Waals surface area contributed by atoms with Gasteiger partial charge in [-0.3, -0.25) is 4.79 Å². The van der Waals surface area contributed by atoms with Crippen LogP contribution in [-0.4, -0.2) is 134 Å². The lowest BCUT2D eigenvalue weighted by molar-refractivity contribution is -0.366. The summed E-state index contributed by atoms with van der Waals surface area (Å²) in [6.07, 6.45) is -6.51. The number of hydrogen-bond donors (Lipinski definition) is 8. The van der Waals surface area contributed by atoms with Gasteiger partial charge in [0.1, 0.15) is 54.4 Å². The van der Waals surface area contributed by atoms with E-state index in [0.717, 1.165) is 25.5 Å². The van der Waals surface area contributed by atoms with Crippen LogP contribution < -0.4 is 0 Å². The van der Waals surface area contributed by atoms with Gasteiger partial charge in [0.25, 0.3) is 0 Å². The van der Waals surface area contributed by atoms with Crippen LogP contribution in [0.2, 0.25) is 0 Å². The van der Waals surface area contributed by atoms with Gasteiger partial charge in [0, 0.05) is 0 Å². The molecule has 8 N–H and O–H groups in total. The molecular weight excluding hydrogens is 716 g/mol. The third kappa shape index (κ3) is 5.97. The zero-order chi connectivity index (χ0) is 40.3. The lowest BCUT2D eigenvalue weighted by Gasteiger charge is -2.71. The zero-order valence-corrected chi connectivity index (χ0v) is 33.0. The molecule has 5 aliphatic carbocycles. The first-order chi connectivity index (χ1) is 25.6. The molecule has 55 heavy (non-hydrogen) atoms. The van der Waals surface area contributed by atoms with E-state index in [9.17, 15) is 50.4 Å². The molecule has 7 aliphatic rings. The summed E-state index contributed by atoms with van der Waals surface area (Å²) in [7, 11) is 0. The van der Waals surface area contributed by atoms with Gasteiger partial charge in [0.2, 0.25) is 0 Å². The van der Waals surface area contributed by atoms with E-state index in [0.29, 0.717) is 38.5 Å². The number of aldehydes is 1. The smallest absolute Gasteiger partial charge is 0.312 e. The topological polar surface area (TPSA) is 233 Å². The van der Waals surface area contributed by atoms with Crippen molar-refractivity contribution >= 4 is 12.3 Å². The van der Waals surface area contributed by atoms with Gasteiger partial charge in [-0.1, -0.05) is 53.2 Å². The Kier molecular flexibility index (Phi) is 10.6. The normalized spacial score (nSPS) is 54.8. The van der Waals surface area contributed by atoms with Crippen molar-refractivity contribution in [2.24, 2.45) is 50.2 Å². The molecule has 14 nitrogen and oxygen atoms in total. The van der Waals surface area contributed by atoms with Gasteiger partial charge in [0.15, 0.2) is 12.6 Å². The number of fused-ring (bicyclic) bond motifs is 7. The van der Waals surface area contributed by atoms with E-state index in [1.165, 1.54) is 5.57 Å². The van der Waals surface area contributed by atoms with Gasteiger partial charge in [-0.15, -0.1) is 0 Å². The number of rotatable bonds is 7. The van der Waals surface area contributed by atoms with Gasteiger partial charge in [-0.2, -0.15) is 0 Å². The van der Waals surface area contributed by atoms with Crippen LogP contribution in [0, 0.1) is 50.2 Å². The molecule has 0 aromatic carbocycles. The number of carbonyl (C=O) groups excluding carboxylic acids is 1. The summed E-state index contributed by atoms with van der Waals surface area (Å²) in [5.74, 6) is -1.18. The minimum atomic E-state index is -1.76. The van der Waals surface area contributed by atoms with Crippen molar-refractivity contribution in [3.05, 3.63) is 11.6 Å². The van der Waals surface area contributed by atoms with Crippen molar-refractivity contribution in [1.82, 2.24) is 0 Å². The summed E-state index contributed by atoms with van der Waals surface area (Å²) in [4.78, 5) is 26.5. The maximum Gasteiger partial charge on any atom is 0.312 e. The van der Waals surface area contributed by atoms with Crippen molar-refractivity contribution in [1.29, 1.82) is 0 Å². The highest BCUT2D eigenvalue weighted by Gasteiger charge is 2.72. The van der Waals surface area contributed by atoms with Crippen LogP contribution >= 0.6 is 0 Å². The predicted octanol–water partition coefficient (Wildman–Crippen LogP) is 1.67. The molecule has 7 unspecified atom stereocenters. The Balaban J connectivity index is 1.16. The molecule has 2 heterocycles. The molecule has 0 amide bonds. The molecule has 0 radical (unpaired) electrons. The van der Waals surface area contributed by atoms with Gasteiger partial charge < -0.3 is 64.6 Å². The van der Waals surface area contributed by atoms with E-state index in [2.05, 4.69) is 40.7 Å². The van der Waals surface area contributed by atoms with Gasteiger partial charge in [0.05, 0.1) is 30.8 Å². The first-order valence-electron chi connectivity index (χ1n) is 20.3. The van der Waals surface area contributed by atoms with E-state index in [4.69, 9.17) is 18.9 Å². The zero-order valence-electron chi connectivity index (χ0n) is 33.0. The second-order valence-corrected chi connectivity index (χ2v) is 20.0. The first-order valence-corrected chi connectivity index (χ1v) is 20.3. The Morgan fingerprint density at radius 1 is 0.855 bits per heavy atom. The van der Waals surface area contributed by atoms with Crippen molar-refractivity contribution in [3.63, 3.8) is 0 Å². The summed E-state index contributed by atoms with van der Waals surface area (Å²) < 4.78 is 23.9. The largest absolute Gasteiger partial charge is 0.481 e. The maximum atomic E-state index is 13.4. The number of allylic oxidation sites excluding steroid dienone is 2. The molecule has 2 saturated heterocycles. The van der Waals surface area contributed by atoms with Crippen molar-refractivity contribution in [3.8, 4) is 0 Å². The molecular formula is C41H64O14. The van der Waals surface area contributed by atoms with Crippen LogP contribution in [0.15, 0.2) is 11.6 Å². The number of aliphatic carboxylic acids is 1. The number of carboxylic acids is 1. The minimum absolute atomic E-state index is 0.0525. The van der Waals surface area contributed by atoms with Crippen LogP contribution in [0.4, 0.5) is 0 Å². The van der Waals surface area contributed by atoms with Crippen molar-refractivity contribution in [2.75, 3.05) is 13.2 Å². The average molecular weight is 781 g/mol. The Morgan fingerprint density at radius 3 is 2.22 bits per heavy atom. The molecule has 14 heteroatoms. The summed E-state index contributed by atoms with van der Waals surface area (Å²) in [6, 6.07) is 0. The fourth-order valence-electron chi connectivity index (χ4n) is 13.3. The fraction of sp³-hybridized carbons (Fsp3) is 0.902. The number of carboxylic acid groups (broad SMARTS) is 1. The standard InChI is InChI=1S/C41H64O14/c1-36(2)13-14-41(35(50)51)21(15-36)20-7-8-25-37(3)11-10-27(38(4,19-43)24(37)9-12-39(25,5)40(20,6)16-26(41)45)54-34-32(28(46)22(44)18-52-34)55-33-31(49)30(48)29(47)23(17-42)53-33/h7,19,21-34,42,44-49H,8-18H2,1-6H3,(H,50,51)/t21?,22-,23?,24-,25?,26+,27+,28+,29+,30+,31?,32?,33+,34+,37?,38-,39+,40-,41?/m1/s1. The molecule has 2 aliphatic heterocycles. The summed E-state index contributed by atoms with van der Waals surface area (Å²) in [6.45, 7) is 12.2. The van der Waals surface area contributed by atoms with Crippen LogP contribution in [0.5, 0.6) is 0 Å². The lowest BCUT2D eigenvalue weighted by atomic mass is 9.33. The van der Waals surface area contributed by atoms with Crippen molar-refractivity contribution < 1.29 is 69.4 Å². The second-order valence-electron chi connectivity index (χ2n) is 20.0. The summed E-state index contributed by atoms with van der Waals surface area (Å²) >= 11 is 0. The Hall–Kier alpha value is -1.56. The third-order valence-corrected chi connectivity index (χ3v) is 16.9. The number of hydrogen-bond acceptors (Lipinski definition) is 13. The monoisotopic (exact) mass is 780 g/mol. The molecule has 312 valence electrons. The quantitative estimate of drug-likeness (QED) is 0.104. The SMILES string of the molecule is CC1(C)CCC2(C(=O)O)C(C1)C1=CCC3C4(C)CC[C@H](O[C@@H]5OC[C@@H](O)[C@H](O)C5O[C@@H]5OC(CO)[C@H](O)[C@H](O)C5O)[C@](C)(C=O)[C@@H]4CC[C@]3(C)[C@]1(C)C[C@@H]2O. The van der Waals surface area contributed by atoms with Gasteiger partial charge in [-0.25, -0.2) is 0 Å². The maximum absolute atomic E-state index is 13.4. The van der Waals surface area contributed by atoms with Crippen LogP contribution in [0.1, 0.15) is 99.3 Å². The Bertz CT molecular complexity index is 1520. The Labute approximate surface area is 323 Å². The van der Waals surface area contributed by atoms with Crippen molar-refractivity contribution in [2.45, 2.75) is 167 Å². The molecule has 6 fully saturated rings. The highest BCUT2D eigenvalue weighted by atomic mass is 16.8. The molecule has 0 bridgehead atoms. The number of ether oxygens (including phenoxy) is 4. The van der Waals surface area contributed by atoms with E-state index in [1.54, 1.807) is 0 Å². The molecule has 7 rings (SSSR count). The summed E-state index contributed by atoms with van der Waals surface area (Å²) in [5.41, 5.74) is -2.16. The minimum Gasteiger partial charge on any atom is -0.481 e. The van der Waals surface area contributed by atoms with Crippen LogP contribution in [0.3, 0.4) is 0 Å². The number of carbonyl (C=O) groups is 2. The van der Waals surface area contributed by atoms with E-state index < -0.39 is 96.3 Å². The number of aliphatic hydroxyl groups is 7. The average Bonchev–Trinajstić information content (AvgIpc) is 3.12. The van der Waals surface area contributed by atoms with E-state index >= 15 is 0 Å². The molecule has 0 spiro atoms. The van der Waals surface area contributed by atoms with Gasteiger partial charge >= 0.3 is 5.97 Å². The fourth-order valence-corrected chi connectivity index (χ4v) is 13.3. The molecule has 4 saturated carbocycles. The molecule has 0 aromatic rings. The molecule has 19 atom stereocenters. The third-order valence-electron chi connectivity index (χ3n) is 16.9. The molecule has 0 aromatic heterocycles. The van der Waals surface area contributed by atoms with E-state index in [1.807, 2.05) is 6.92 Å². The number of aliphatic hydroxyl groups excluding tert-OH is 7. The highest BCUT2D eigenvalue weighted by molar-refractivity contribution is 5.77. The van der Waals surface area contributed by atoms with Crippen LogP contribution in [0.25, 0.3) is 0 Å². The highest BCUT2D eigenvalue weighted by Crippen LogP contribution is 2.75.